The Kier molecular flexibility index (Phi) is 7.55. The zero-order valence-corrected chi connectivity index (χ0v) is 20.2. The number of esters is 1. The Labute approximate surface area is 214 Å². The number of carbonyl (C=O) groups excluding carboxylic acids is 4. The van der Waals surface area contributed by atoms with E-state index in [4.69, 9.17) is 27.9 Å². The van der Waals surface area contributed by atoms with Gasteiger partial charge in [-0.1, -0.05) is 53.5 Å². The minimum Gasteiger partial charge on any atom is -0.423 e. The topological polar surface area (TPSA) is 92.8 Å². The van der Waals surface area contributed by atoms with Gasteiger partial charge in [0.2, 0.25) is 5.91 Å². The fourth-order valence-corrected chi connectivity index (χ4v) is 4.43. The average molecular weight is 527 g/mol. The third-order valence-electron chi connectivity index (χ3n) is 4.77. The normalized spacial score (nSPS) is 14.3. The number of nitrogens with zero attached hydrogens (tertiary/aromatic N) is 1. The molecule has 3 aromatic carbocycles. The van der Waals surface area contributed by atoms with Crippen molar-refractivity contribution in [2.45, 2.75) is 0 Å². The van der Waals surface area contributed by atoms with E-state index < -0.39 is 23.0 Å². The number of ether oxygens (including phenoxy) is 1. The van der Waals surface area contributed by atoms with Gasteiger partial charge in [-0.2, -0.15) is 0 Å². The van der Waals surface area contributed by atoms with Crippen LogP contribution in [0.25, 0.3) is 6.08 Å². The van der Waals surface area contributed by atoms with Gasteiger partial charge in [-0.15, -0.1) is 0 Å². The van der Waals surface area contributed by atoms with Crippen molar-refractivity contribution in [3.8, 4) is 5.75 Å². The predicted octanol–water partition coefficient (Wildman–Crippen LogP) is 5.89. The van der Waals surface area contributed by atoms with Gasteiger partial charge in [-0.3, -0.25) is 19.3 Å². The largest absolute Gasteiger partial charge is 0.423 e. The first kappa shape index (κ1) is 24.5. The van der Waals surface area contributed by atoms with Crippen molar-refractivity contribution in [1.29, 1.82) is 0 Å². The Hall–Kier alpha value is -3.59. The molecule has 0 radical (unpaired) electrons. The van der Waals surface area contributed by atoms with Crippen molar-refractivity contribution in [1.82, 2.24) is 4.90 Å². The zero-order valence-electron chi connectivity index (χ0n) is 17.9. The average Bonchev–Trinajstić information content (AvgIpc) is 3.08. The molecule has 0 aromatic heterocycles. The van der Waals surface area contributed by atoms with Crippen LogP contribution >= 0.6 is 35.0 Å². The molecule has 0 aliphatic carbocycles. The van der Waals surface area contributed by atoms with E-state index in [2.05, 4.69) is 5.32 Å². The number of hydrogen-bond acceptors (Lipinski definition) is 6. The summed E-state index contributed by atoms with van der Waals surface area (Å²) < 4.78 is 5.33. The summed E-state index contributed by atoms with van der Waals surface area (Å²) in [6.07, 6.45) is 1.53. The maximum absolute atomic E-state index is 12.7. The van der Waals surface area contributed by atoms with Gasteiger partial charge in [0.1, 0.15) is 12.3 Å². The van der Waals surface area contributed by atoms with E-state index in [0.717, 1.165) is 16.7 Å². The smallest absolute Gasteiger partial charge is 0.345 e. The molecule has 0 bridgehead atoms. The third kappa shape index (κ3) is 6.10. The molecule has 1 aliphatic heterocycles. The zero-order chi connectivity index (χ0) is 24.9. The predicted molar refractivity (Wildman–Crippen MR) is 136 cm³/mol. The molecule has 10 heteroatoms. The Morgan fingerprint density at radius 2 is 1.69 bits per heavy atom. The minimum absolute atomic E-state index is 0.171. The number of amides is 3. The molecule has 35 heavy (non-hydrogen) atoms. The van der Waals surface area contributed by atoms with Gasteiger partial charge in [-0.25, -0.2) is 4.79 Å². The number of thioether (sulfide) groups is 1. The number of benzene rings is 3. The first-order valence-electron chi connectivity index (χ1n) is 10.2. The summed E-state index contributed by atoms with van der Waals surface area (Å²) in [5.74, 6) is -1.42. The second-order valence-electron chi connectivity index (χ2n) is 7.26. The van der Waals surface area contributed by atoms with Gasteiger partial charge in [0, 0.05) is 10.7 Å². The summed E-state index contributed by atoms with van der Waals surface area (Å²) in [5, 5.41) is 2.69. The second-order valence-corrected chi connectivity index (χ2v) is 9.10. The van der Waals surface area contributed by atoms with Crippen LogP contribution in [0.1, 0.15) is 15.9 Å². The SMILES string of the molecule is O=C(CN1C(=O)S/C(=C\c2ccc(OC(=O)c3ccc(Cl)cc3Cl)cc2)C1=O)Nc1ccccc1. The number of carbonyl (C=O) groups is 4. The van der Waals surface area contributed by atoms with Gasteiger partial charge in [-0.05, 0) is 65.9 Å². The molecule has 0 saturated carbocycles. The Morgan fingerprint density at radius 3 is 2.37 bits per heavy atom. The standard InChI is InChI=1S/C25H16Cl2N2O5S/c26-16-8-11-19(20(27)13-16)24(32)34-18-9-6-15(7-10-18)12-21-23(31)29(25(33)35-21)14-22(30)28-17-4-2-1-3-5-17/h1-13H,14H2,(H,28,30)/b21-12-. The molecule has 3 amide bonds. The summed E-state index contributed by atoms with van der Waals surface area (Å²) >= 11 is 12.6. The van der Waals surface area contributed by atoms with Crippen molar-refractivity contribution < 1.29 is 23.9 Å². The molecule has 7 nitrogen and oxygen atoms in total. The molecular formula is C25H16Cl2N2O5S. The van der Waals surface area contributed by atoms with Crippen molar-refractivity contribution in [2.24, 2.45) is 0 Å². The van der Waals surface area contributed by atoms with Crippen LogP contribution in [0.4, 0.5) is 10.5 Å². The first-order valence-corrected chi connectivity index (χ1v) is 11.7. The van der Waals surface area contributed by atoms with E-state index in [-0.39, 0.29) is 27.8 Å². The molecule has 176 valence electrons. The molecule has 1 aliphatic rings. The molecule has 4 rings (SSSR count). The molecule has 1 fully saturated rings. The molecular weight excluding hydrogens is 511 g/mol. The summed E-state index contributed by atoms with van der Waals surface area (Å²) in [4.78, 5) is 50.6. The van der Waals surface area contributed by atoms with Crippen LogP contribution < -0.4 is 10.1 Å². The van der Waals surface area contributed by atoms with Crippen LogP contribution in [0, 0.1) is 0 Å². The van der Waals surface area contributed by atoms with E-state index in [1.54, 1.807) is 48.5 Å². The van der Waals surface area contributed by atoms with Crippen LogP contribution in [0.2, 0.25) is 10.0 Å². The first-order chi connectivity index (χ1) is 16.8. The molecule has 1 N–H and O–H groups in total. The summed E-state index contributed by atoms with van der Waals surface area (Å²) in [5.41, 5.74) is 1.35. The van der Waals surface area contributed by atoms with E-state index in [0.29, 0.717) is 16.3 Å². The quantitative estimate of drug-likeness (QED) is 0.244. The number of halogens is 2. The van der Waals surface area contributed by atoms with Crippen LogP contribution in [0.3, 0.4) is 0 Å². The van der Waals surface area contributed by atoms with Gasteiger partial charge in [0.15, 0.2) is 0 Å². The summed E-state index contributed by atoms with van der Waals surface area (Å²) in [6, 6.07) is 19.5. The van der Waals surface area contributed by atoms with Crippen molar-refractivity contribution in [3.05, 3.63) is 98.9 Å². The molecule has 0 atom stereocenters. The third-order valence-corrected chi connectivity index (χ3v) is 6.23. The highest BCUT2D eigenvalue weighted by Gasteiger charge is 2.36. The van der Waals surface area contributed by atoms with Gasteiger partial charge >= 0.3 is 5.97 Å². The van der Waals surface area contributed by atoms with E-state index in [1.165, 1.54) is 24.3 Å². The van der Waals surface area contributed by atoms with Gasteiger partial charge < -0.3 is 10.1 Å². The lowest BCUT2D eigenvalue weighted by Gasteiger charge is -2.12. The molecule has 1 heterocycles. The highest BCUT2D eigenvalue weighted by atomic mass is 35.5. The fraction of sp³-hybridized carbons (Fsp3) is 0.0400. The Bertz CT molecular complexity index is 1340. The lowest BCUT2D eigenvalue weighted by Crippen LogP contribution is -2.36. The second kappa shape index (κ2) is 10.8. The van der Waals surface area contributed by atoms with E-state index >= 15 is 0 Å². The van der Waals surface area contributed by atoms with Crippen LogP contribution in [0.15, 0.2) is 77.7 Å². The highest BCUT2D eigenvalue weighted by molar-refractivity contribution is 8.18. The number of anilines is 1. The maximum Gasteiger partial charge on any atom is 0.345 e. The number of imide groups is 1. The molecule has 1 saturated heterocycles. The van der Waals surface area contributed by atoms with E-state index in [9.17, 15) is 19.2 Å². The minimum atomic E-state index is -0.644. The van der Waals surface area contributed by atoms with Crippen molar-refractivity contribution >= 4 is 69.8 Å². The molecule has 0 unspecified atom stereocenters. The van der Waals surface area contributed by atoms with Crippen LogP contribution in [-0.2, 0) is 9.59 Å². The summed E-state index contributed by atoms with van der Waals surface area (Å²) in [7, 11) is 0. The van der Waals surface area contributed by atoms with E-state index in [1.807, 2.05) is 6.07 Å². The lowest BCUT2D eigenvalue weighted by molar-refractivity contribution is -0.127. The number of para-hydroxylation sites is 1. The summed E-state index contributed by atoms with van der Waals surface area (Å²) in [6.45, 7) is -0.390. The highest BCUT2D eigenvalue weighted by Crippen LogP contribution is 2.32. The van der Waals surface area contributed by atoms with Gasteiger partial charge in [0.25, 0.3) is 11.1 Å². The molecule has 3 aromatic rings. The van der Waals surface area contributed by atoms with Crippen molar-refractivity contribution in [3.63, 3.8) is 0 Å². The van der Waals surface area contributed by atoms with Crippen LogP contribution in [-0.4, -0.2) is 34.5 Å². The number of rotatable bonds is 6. The Balaban J connectivity index is 1.39. The van der Waals surface area contributed by atoms with Crippen molar-refractivity contribution in [2.75, 3.05) is 11.9 Å². The molecule has 0 spiro atoms. The van der Waals surface area contributed by atoms with Gasteiger partial charge in [0.05, 0.1) is 15.5 Å². The number of nitrogens with one attached hydrogen (secondary N) is 1. The monoisotopic (exact) mass is 526 g/mol. The Morgan fingerprint density at radius 1 is 0.971 bits per heavy atom. The lowest BCUT2D eigenvalue weighted by atomic mass is 10.2. The maximum atomic E-state index is 12.7. The fourth-order valence-electron chi connectivity index (χ4n) is 3.10. The number of hydrogen-bond donors (Lipinski definition) is 1. The van der Waals surface area contributed by atoms with Crippen LogP contribution in [0.5, 0.6) is 5.75 Å².